The lowest BCUT2D eigenvalue weighted by Crippen LogP contribution is -2.35. The van der Waals surface area contributed by atoms with Gasteiger partial charge in [0.2, 0.25) is 6.21 Å². The molecule has 2 aromatic heterocycles. The number of hydrogen-bond acceptors (Lipinski definition) is 6. The number of carbonyl (C=O) groups excluding carboxylic acids is 2. The lowest BCUT2D eigenvalue weighted by Gasteiger charge is -2.17. The fourth-order valence-electron chi connectivity index (χ4n) is 3.11. The Kier molecular flexibility index (Phi) is 5.11. The van der Waals surface area contributed by atoms with E-state index >= 15 is 0 Å². The van der Waals surface area contributed by atoms with E-state index in [0.717, 1.165) is 6.39 Å². The van der Waals surface area contributed by atoms with Gasteiger partial charge in [0.05, 0.1) is 30.6 Å². The molecule has 0 aromatic carbocycles. The number of amidine groups is 1. The second kappa shape index (κ2) is 7.88. The first-order valence-corrected chi connectivity index (χ1v) is 8.92. The van der Waals surface area contributed by atoms with Crippen LogP contribution in [0.25, 0.3) is 0 Å². The number of hydrogen-bond donors (Lipinski definition) is 1. The number of pyridine rings is 1. The Labute approximate surface area is 168 Å². The average Bonchev–Trinajstić information content (AvgIpc) is 3.42. The minimum Gasteiger partial charge on any atom is -0.486 e. The first-order valence-electron chi connectivity index (χ1n) is 8.92. The standard InChI is InChI=1S/C19H15F2N5O4/c1-10-2-11(22-4-15(10)30-8-16(20)21)5-26-6-13-12(19(26)28)3-23-17(13)25-18(27)14-7-29-9-24-14/h2-4,7,9,16H,5-6,8H2,1H3/p+1. The lowest BCUT2D eigenvalue weighted by atomic mass is 10.2. The van der Waals surface area contributed by atoms with E-state index in [-0.39, 0.29) is 36.3 Å². The topological polar surface area (TPSA) is 112 Å². The number of amides is 2. The molecule has 2 amide bonds. The fourth-order valence-corrected chi connectivity index (χ4v) is 3.11. The van der Waals surface area contributed by atoms with Gasteiger partial charge in [0.1, 0.15) is 24.2 Å². The molecule has 2 aliphatic rings. The number of oxazole rings is 1. The van der Waals surface area contributed by atoms with Gasteiger partial charge in [-0.2, -0.15) is 5.32 Å². The molecule has 4 rings (SSSR count). The van der Waals surface area contributed by atoms with Crippen LogP contribution in [0.4, 0.5) is 8.78 Å². The molecule has 4 heterocycles. The Hall–Kier alpha value is -3.85. The minimum atomic E-state index is -2.57. The molecule has 1 N–H and O–H groups in total. The number of carbonyl (C=O) groups is 2. The molecular formula is C19H16F2N5O4+. The summed E-state index contributed by atoms with van der Waals surface area (Å²) in [7, 11) is 0. The van der Waals surface area contributed by atoms with E-state index in [9.17, 15) is 18.4 Å². The summed E-state index contributed by atoms with van der Waals surface area (Å²) in [5.41, 5.74) is 2.32. The maximum atomic E-state index is 12.7. The maximum absolute atomic E-state index is 12.7. The number of ether oxygens (including phenoxy) is 1. The van der Waals surface area contributed by atoms with E-state index in [2.05, 4.69) is 20.0 Å². The summed E-state index contributed by atoms with van der Waals surface area (Å²) < 4.78 is 38.5. The number of aromatic nitrogens is 2. The first-order chi connectivity index (χ1) is 14.4. The molecular weight excluding hydrogens is 400 g/mol. The van der Waals surface area contributed by atoms with Crippen molar-refractivity contribution >= 4 is 23.9 Å². The lowest BCUT2D eigenvalue weighted by molar-refractivity contribution is -0.125. The van der Waals surface area contributed by atoms with Crippen molar-refractivity contribution in [2.24, 2.45) is 0 Å². The van der Waals surface area contributed by atoms with Crippen molar-refractivity contribution in [2.75, 3.05) is 13.2 Å². The van der Waals surface area contributed by atoms with Gasteiger partial charge >= 0.3 is 11.7 Å². The van der Waals surface area contributed by atoms with E-state index < -0.39 is 18.9 Å². The van der Waals surface area contributed by atoms with E-state index in [0.29, 0.717) is 22.4 Å². The highest BCUT2D eigenvalue weighted by atomic mass is 19.3. The van der Waals surface area contributed by atoms with Crippen molar-refractivity contribution in [1.82, 2.24) is 24.9 Å². The van der Waals surface area contributed by atoms with Gasteiger partial charge in [-0.15, -0.1) is 0 Å². The van der Waals surface area contributed by atoms with E-state index in [4.69, 9.17) is 9.15 Å². The van der Waals surface area contributed by atoms with Crippen LogP contribution in [-0.4, -0.2) is 58.3 Å². The molecule has 9 nitrogen and oxygen atoms in total. The smallest absolute Gasteiger partial charge is 0.381 e. The van der Waals surface area contributed by atoms with Gasteiger partial charge in [-0.25, -0.2) is 23.2 Å². The molecule has 0 fully saturated rings. The number of rotatable bonds is 6. The summed E-state index contributed by atoms with van der Waals surface area (Å²) in [6.07, 6.45) is 2.55. The number of nitrogens with zero attached hydrogens (tertiary/aromatic N) is 4. The summed E-state index contributed by atoms with van der Waals surface area (Å²) in [6.45, 7) is 1.46. The Bertz CT molecular complexity index is 1100. The van der Waals surface area contributed by atoms with Gasteiger partial charge in [0, 0.05) is 0 Å². The van der Waals surface area contributed by atoms with Crippen LogP contribution < -0.4 is 14.7 Å². The molecule has 11 heteroatoms. The molecule has 2 aliphatic heterocycles. The summed E-state index contributed by atoms with van der Waals surface area (Å²) in [6, 6.07) is 1.68. The van der Waals surface area contributed by atoms with Gasteiger partial charge in [-0.05, 0) is 18.6 Å². The van der Waals surface area contributed by atoms with Crippen LogP contribution in [0.2, 0.25) is 0 Å². The van der Waals surface area contributed by atoms with Crippen molar-refractivity contribution in [3.05, 3.63) is 53.0 Å². The molecule has 30 heavy (non-hydrogen) atoms. The van der Waals surface area contributed by atoms with E-state index in [1.165, 1.54) is 18.7 Å². The van der Waals surface area contributed by atoms with Gasteiger partial charge in [-0.3, -0.25) is 9.78 Å². The second-order valence-corrected chi connectivity index (χ2v) is 6.63. The Morgan fingerprint density at radius 3 is 2.97 bits per heavy atom. The third-order valence-electron chi connectivity index (χ3n) is 4.53. The molecule has 0 saturated carbocycles. The number of nitrogens with one attached hydrogen (secondary N) is 1. The maximum Gasteiger partial charge on any atom is 0.381 e. The van der Waals surface area contributed by atoms with Crippen LogP contribution in [0.5, 0.6) is 5.75 Å². The van der Waals surface area contributed by atoms with Crippen LogP contribution in [0.3, 0.4) is 0 Å². The summed E-state index contributed by atoms with van der Waals surface area (Å²) >= 11 is 0. The van der Waals surface area contributed by atoms with Crippen molar-refractivity contribution in [2.45, 2.75) is 19.9 Å². The Morgan fingerprint density at radius 2 is 2.27 bits per heavy atom. The number of alkyl halides is 2. The predicted octanol–water partition coefficient (Wildman–Crippen LogP) is 0.641. The van der Waals surface area contributed by atoms with Crippen molar-refractivity contribution in [1.29, 1.82) is 0 Å². The van der Waals surface area contributed by atoms with Gasteiger partial charge in [0.15, 0.2) is 12.1 Å². The molecule has 0 bridgehead atoms. The largest absolute Gasteiger partial charge is 0.486 e. The number of aryl methyl sites for hydroxylation is 1. The van der Waals surface area contributed by atoms with Crippen LogP contribution in [-0.2, 0) is 11.3 Å². The SMILES string of the molecule is Cc1cc(CN2CC3=C(C=[N+]=C3NC(=O)c3cocn3)C2=O)ncc1OCC(F)F. The van der Waals surface area contributed by atoms with Crippen LogP contribution in [0, 0.1) is 6.92 Å². The Balaban J connectivity index is 1.40. The highest BCUT2D eigenvalue weighted by Gasteiger charge is 2.40. The molecule has 0 atom stereocenters. The van der Waals surface area contributed by atoms with Crippen molar-refractivity contribution in [3.8, 4) is 5.75 Å². The first kappa shape index (κ1) is 19.5. The summed E-state index contributed by atoms with van der Waals surface area (Å²) in [5, 5.41) is 2.62. The van der Waals surface area contributed by atoms with Crippen molar-refractivity contribution < 1.29 is 27.5 Å². The van der Waals surface area contributed by atoms with Crippen LogP contribution >= 0.6 is 0 Å². The van der Waals surface area contributed by atoms with Crippen molar-refractivity contribution in [3.63, 3.8) is 0 Å². The average molecular weight is 416 g/mol. The van der Waals surface area contributed by atoms with E-state index in [1.54, 1.807) is 17.9 Å². The molecule has 0 unspecified atom stereocenters. The second-order valence-electron chi connectivity index (χ2n) is 6.63. The zero-order valence-corrected chi connectivity index (χ0v) is 15.8. The summed E-state index contributed by atoms with van der Waals surface area (Å²) in [5.74, 6) is -0.177. The molecule has 0 saturated heterocycles. The quantitative estimate of drug-likeness (QED) is 0.692. The number of halogens is 2. The fraction of sp³-hybridized carbons (Fsp3) is 0.263. The highest BCUT2D eigenvalue weighted by molar-refractivity contribution is 6.27. The normalized spacial score (nSPS) is 15.1. The zero-order valence-electron chi connectivity index (χ0n) is 15.8. The molecule has 0 radical (unpaired) electrons. The highest BCUT2D eigenvalue weighted by Crippen LogP contribution is 2.23. The van der Waals surface area contributed by atoms with E-state index in [1.807, 2.05) is 0 Å². The predicted molar refractivity (Wildman–Crippen MR) is 100 cm³/mol. The third kappa shape index (κ3) is 3.83. The summed E-state index contributed by atoms with van der Waals surface area (Å²) in [4.78, 5) is 34.3. The molecule has 0 spiro atoms. The minimum absolute atomic E-state index is 0.0988. The Morgan fingerprint density at radius 1 is 1.43 bits per heavy atom. The molecule has 154 valence electrons. The van der Waals surface area contributed by atoms with Gasteiger partial charge in [0.25, 0.3) is 12.3 Å². The van der Waals surface area contributed by atoms with Gasteiger partial charge in [-0.1, -0.05) is 0 Å². The zero-order chi connectivity index (χ0) is 21.3. The van der Waals surface area contributed by atoms with Gasteiger partial charge < -0.3 is 14.1 Å². The molecule has 0 aliphatic carbocycles. The van der Waals surface area contributed by atoms with Crippen LogP contribution in [0.1, 0.15) is 21.7 Å². The van der Waals surface area contributed by atoms with Crippen LogP contribution in [0.15, 0.2) is 40.5 Å². The monoisotopic (exact) mass is 416 g/mol. The third-order valence-corrected chi connectivity index (χ3v) is 4.53. The molecule has 2 aromatic rings.